The molecule has 0 aliphatic heterocycles. The highest BCUT2D eigenvalue weighted by Crippen LogP contribution is 2.12. The highest BCUT2D eigenvalue weighted by Gasteiger charge is 2.11. The summed E-state index contributed by atoms with van der Waals surface area (Å²) in [7, 11) is 0. The molecular weight excluding hydrogens is 276 g/mol. The second-order valence-electron chi connectivity index (χ2n) is 4.20. The van der Waals surface area contributed by atoms with Gasteiger partial charge in [0.05, 0.1) is 12.1 Å². The molecule has 0 unspecified atom stereocenters. The molecule has 2 aromatic rings. The lowest BCUT2D eigenvalue weighted by Gasteiger charge is -2.07. The molecule has 0 bridgehead atoms. The number of carbonyl (C=O) groups is 2. The third-order valence-corrected chi connectivity index (χ3v) is 3.00. The van der Waals surface area contributed by atoms with Gasteiger partial charge >= 0.3 is 0 Å². The van der Waals surface area contributed by atoms with Crippen molar-refractivity contribution in [2.24, 2.45) is 0 Å². The van der Waals surface area contributed by atoms with E-state index in [4.69, 9.17) is 17.3 Å². The van der Waals surface area contributed by atoms with Crippen LogP contribution < -0.4 is 11.1 Å². The molecule has 2 rings (SSSR count). The van der Waals surface area contributed by atoms with Crippen molar-refractivity contribution in [1.29, 1.82) is 0 Å². The second-order valence-corrected chi connectivity index (χ2v) is 4.64. The Balaban J connectivity index is 2.01. The largest absolute Gasteiger partial charge is 0.398 e. The van der Waals surface area contributed by atoms with E-state index in [0.717, 1.165) is 0 Å². The zero-order valence-corrected chi connectivity index (χ0v) is 11.4. The number of rotatable bonds is 4. The fourth-order valence-corrected chi connectivity index (χ4v) is 1.91. The number of hydrogen-bond acceptors (Lipinski definition) is 3. The second kappa shape index (κ2) is 6.21. The van der Waals surface area contributed by atoms with Crippen molar-refractivity contribution >= 4 is 29.0 Å². The van der Waals surface area contributed by atoms with Crippen LogP contribution in [0.5, 0.6) is 0 Å². The molecule has 0 fully saturated rings. The standard InChI is InChI=1S/C15H13ClN2O2/c16-11-5-3-4-10(8-11)14(19)9-18-15(20)12-6-1-2-7-13(12)17/h1-8H,9,17H2,(H,18,20). The lowest BCUT2D eigenvalue weighted by molar-refractivity contribution is 0.0904. The summed E-state index contributed by atoms with van der Waals surface area (Å²) in [4.78, 5) is 23.8. The SMILES string of the molecule is Nc1ccccc1C(=O)NCC(=O)c1cccc(Cl)c1. The zero-order chi connectivity index (χ0) is 14.5. The number of nitrogen functional groups attached to an aromatic ring is 1. The molecule has 0 aromatic heterocycles. The Bertz CT molecular complexity index is 656. The van der Waals surface area contributed by atoms with E-state index in [9.17, 15) is 9.59 Å². The Morgan fingerprint density at radius 1 is 1.10 bits per heavy atom. The molecule has 5 heteroatoms. The van der Waals surface area contributed by atoms with E-state index >= 15 is 0 Å². The number of nitrogens with one attached hydrogen (secondary N) is 1. The molecule has 4 nitrogen and oxygen atoms in total. The highest BCUT2D eigenvalue weighted by molar-refractivity contribution is 6.31. The lowest BCUT2D eigenvalue weighted by Crippen LogP contribution is -2.30. The highest BCUT2D eigenvalue weighted by atomic mass is 35.5. The first-order valence-corrected chi connectivity index (χ1v) is 6.37. The quantitative estimate of drug-likeness (QED) is 0.671. The van der Waals surface area contributed by atoms with Crippen molar-refractivity contribution in [3.05, 3.63) is 64.7 Å². The number of para-hydroxylation sites is 1. The number of hydrogen-bond donors (Lipinski definition) is 2. The van der Waals surface area contributed by atoms with Gasteiger partial charge in [0.15, 0.2) is 5.78 Å². The smallest absolute Gasteiger partial charge is 0.253 e. The minimum atomic E-state index is -0.376. The summed E-state index contributed by atoms with van der Waals surface area (Å²) in [6.45, 7) is -0.104. The molecule has 102 valence electrons. The van der Waals surface area contributed by atoms with Crippen LogP contribution in [0.3, 0.4) is 0 Å². The topological polar surface area (TPSA) is 72.2 Å². The van der Waals surface area contributed by atoms with Gasteiger partial charge in [0, 0.05) is 16.3 Å². The number of nitrogens with two attached hydrogens (primary N) is 1. The Kier molecular flexibility index (Phi) is 4.38. The van der Waals surface area contributed by atoms with Crippen molar-refractivity contribution in [2.75, 3.05) is 12.3 Å². The molecule has 0 aliphatic rings. The van der Waals surface area contributed by atoms with Crippen LogP contribution in [0, 0.1) is 0 Å². The number of amides is 1. The molecule has 1 amide bonds. The van der Waals surface area contributed by atoms with E-state index in [0.29, 0.717) is 21.8 Å². The minimum Gasteiger partial charge on any atom is -0.398 e. The van der Waals surface area contributed by atoms with E-state index in [1.54, 1.807) is 48.5 Å². The summed E-state index contributed by atoms with van der Waals surface area (Å²) >= 11 is 5.81. The van der Waals surface area contributed by atoms with Crippen LogP contribution in [-0.2, 0) is 0 Å². The number of halogens is 1. The van der Waals surface area contributed by atoms with Gasteiger partial charge in [0.25, 0.3) is 5.91 Å². The fraction of sp³-hybridized carbons (Fsp3) is 0.0667. The average Bonchev–Trinajstić information content (AvgIpc) is 2.45. The van der Waals surface area contributed by atoms with Crippen LogP contribution in [0.15, 0.2) is 48.5 Å². The molecule has 0 heterocycles. The van der Waals surface area contributed by atoms with Gasteiger partial charge in [0.2, 0.25) is 0 Å². The maximum absolute atomic E-state index is 11.9. The number of anilines is 1. The molecule has 20 heavy (non-hydrogen) atoms. The zero-order valence-electron chi connectivity index (χ0n) is 10.6. The first-order valence-electron chi connectivity index (χ1n) is 5.99. The molecule has 2 aromatic carbocycles. The van der Waals surface area contributed by atoms with Crippen molar-refractivity contribution in [2.45, 2.75) is 0 Å². The van der Waals surface area contributed by atoms with Crippen LogP contribution >= 0.6 is 11.6 Å². The van der Waals surface area contributed by atoms with Gasteiger partial charge in [-0.05, 0) is 24.3 Å². The molecule has 3 N–H and O–H groups in total. The van der Waals surface area contributed by atoms with Gasteiger partial charge in [-0.1, -0.05) is 35.9 Å². The van der Waals surface area contributed by atoms with Crippen LogP contribution in [0.2, 0.25) is 5.02 Å². The molecule has 0 radical (unpaired) electrons. The lowest BCUT2D eigenvalue weighted by atomic mass is 10.1. The van der Waals surface area contributed by atoms with Gasteiger partial charge in [-0.15, -0.1) is 0 Å². The summed E-state index contributed by atoms with van der Waals surface area (Å²) in [5.74, 6) is -0.589. The number of benzene rings is 2. The first kappa shape index (κ1) is 14.1. The molecular formula is C15H13ClN2O2. The third kappa shape index (κ3) is 3.36. The van der Waals surface area contributed by atoms with E-state index < -0.39 is 0 Å². The van der Waals surface area contributed by atoms with E-state index in [-0.39, 0.29) is 18.2 Å². The molecule has 0 atom stereocenters. The molecule has 0 saturated heterocycles. The van der Waals surface area contributed by atoms with Crippen molar-refractivity contribution in [1.82, 2.24) is 5.32 Å². The Morgan fingerprint density at radius 3 is 2.55 bits per heavy atom. The molecule has 0 aliphatic carbocycles. The van der Waals surface area contributed by atoms with Crippen LogP contribution in [0.1, 0.15) is 20.7 Å². The van der Waals surface area contributed by atoms with Gasteiger partial charge in [0.1, 0.15) is 0 Å². The number of carbonyl (C=O) groups excluding carboxylic acids is 2. The summed E-state index contributed by atoms with van der Waals surface area (Å²) < 4.78 is 0. The van der Waals surface area contributed by atoms with E-state index in [1.807, 2.05) is 0 Å². The van der Waals surface area contributed by atoms with Gasteiger partial charge < -0.3 is 11.1 Å². The van der Waals surface area contributed by atoms with Crippen LogP contribution in [-0.4, -0.2) is 18.2 Å². The Morgan fingerprint density at radius 2 is 1.85 bits per heavy atom. The summed E-state index contributed by atoms with van der Waals surface area (Å²) in [5, 5.41) is 3.03. The van der Waals surface area contributed by atoms with Crippen LogP contribution in [0.25, 0.3) is 0 Å². The summed E-state index contributed by atoms with van der Waals surface area (Å²) in [5.41, 5.74) is 6.88. The third-order valence-electron chi connectivity index (χ3n) is 2.76. The Hall–Kier alpha value is -2.33. The fourth-order valence-electron chi connectivity index (χ4n) is 1.72. The Labute approximate surface area is 121 Å². The number of ketones is 1. The van der Waals surface area contributed by atoms with E-state index in [2.05, 4.69) is 5.32 Å². The molecule has 0 spiro atoms. The number of Topliss-reactive ketones (excluding diaryl/α,β-unsaturated/α-hetero) is 1. The summed E-state index contributed by atoms with van der Waals surface area (Å²) in [6, 6.07) is 13.3. The van der Waals surface area contributed by atoms with Crippen LogP contribution in [0.4, 0.5) is 5.69 Å². The van der Waals surface area contributed by atoms with Gasteiger partial charge in [-0.3, -0.25) is 9.59 Å². The maximum atomic E-state index is 11.9. The minimum absolute atomic E-state index is 0.104. The maximum Gasteiger partial charge on any atom is 0.253 e. The normalized spacial score (nSPS) is 10.1. The monoisotopic (exact) mass is 288 g/mol. The average molecular weight is 289 g/mol. The predicted octanol–water partition coefficient (Wildman–Crippen LogP) is 2.53. The van der Waals surface area contributed by atoms with Gasteiger partial charge in [-0.25, -0.2) is 0 Å². The van der Waals surface area contributed by atoms with E-state index in [1.165, 1.54) is 0 Å². The van der Waals surface area contributed by atoms with Crippen molar-refractivity contribution in [3.8, 4) is 0 Å². The molecule has 0 saturated carbocycles. The summed E-state index contributed by atoms with van der Waals surface area (Å²) in [6.07, 6.45) is 0. The van der Waals surface area contributed by atoms with Crippen molar-refractivity contribution < 1.29 is 9.59 Å². The van der Waals surface area contributed by atoms with Gasteiger partial charge in [-0.2, -0.15) is 0 Å². The van der Waals surface area contributed by atoms with Crippen molar-refractivity contribution in [3.63, 3.8) is 0 Å². The predicted molar refractivity (Wildman–Crippen MR) is 79.0 cm³/mol. The first-order chi connectivity index (χ1) is 9.58.